The third kappa shape index (κ3) is 4.38. The average molecular weight is 536 g/mol. The predicted octanol–water partition coefficient (Wildman–Crippen LogP) is 6.71. The minimum absolute atomic E-state index is 0.00742. The van der Waals surface area contributed by atoms with E-state index < -0.39 is 28.8 Å². The molecule has 2 aromatic heterocycles. The van der Waals surface area contributed by atoms with Gasteiger partial charge in [0.25, 0.3) is 12.1 Å². The van der Waals surface area contributed by atoms with E-state index in [4.69, 9.17) is 16.0 Å². The Morgan fingerprint density at radius 3 is 2.56 bits per heavy atom. The molecule has 3 heterocycles. The molecule has 14 heteroatoms. The Kier molecular flexibility index (Phi) is 6.10. The first kappa shape index (κ1) is 23.8. The van der Waals surface area contributed by atoms with Crippen molar-refractivity contribution < 1.29 is 26.9 Å². The van der Waals surface area contributed by atoms with Crippen molar-refractivity contribution in [3.8, 4) is 11.3 Å². The second-order valence-electron chi connectivity index (χ2n) is 7.26. The first-order valence-corrected chi connectivity index (χ1v) is 11.1. The third-order valence-electron chi connectivity index (χ3n) is 4.98. The first-order chi connectivity index (χ1) is 17.2. The van der Waals surface area contributed by atoms with Crippen molar-refractivity contribution in [3.05, 3.63) is 97.4 Å². The summed E-state index contributed by atoms with van der Waals surface area (Å²) in [5.74, 6) is -1.96. The minimum Gasteiger partial charge on any atom is -0.457 e. The molecule has 0 amide bonds. The molecule has 0 bridgehead atoms. The van der Waals surface area contributed by atoms with Gasteiger partial charge in [-0.05, 0) is 48.2 Å². The van der Waals surface area contributed by atoms with Crippen molar-refractivity contribution >= 4 is 40.8 Å². The Balaban J connectivity index is 1.58. The number of nitro groups is 1. The minimum atomic E-state index is -2.99. The number of alkyl halides is 2. The Bertz CT molecular complexity index is 1580. The highest BCUT2D eigenvalue weighted by atomic mass is 35.5. The number of furan rings is 1. The molecule has 0 atom stereocenters. The second-order valence-corrected chi connectivity index (χ2v) is 8.68. The summed E-state index contributed by atoms with van der Waals surface area (Å²) in [7, 11) is 0. The zero-order valence-electron chi connectivity index (χ0n) is 17.5. The van der Waals surface area contributed by atoms with Gasteiger partial charge in [0.1, 0.15) is 28.9 Å². The maximum absolute atomic E-state index is 14.6. The number of rotatable bonds is 5. The monoisotopic (exact) mass is 535 g/mol. The lowest BCUT2D eigenvalue weighted by molar-refractivity contribution is -0.384. The molecule has 182 valence electrons. The molecule has 8 nitrogen and oxygen atoms in total. The highest BCUT2D eigenvalue weighted by Crippen LogP contribution is 2.38. The van der Waals surface area contributed by atoms with Crippen molar-refractivity contribution in [2.24, 2.45) is 5.10 Å². The van der Waals surface area contributed by atoms with Crippen LogP contribution in [-0.4, -0.2) is 25.5 Å². The molecule has 36 heavy (non-hydrogen) atoms. The van der Waals surface area contributed by atoms with Crippen LogP contribution in [0.25, 0.3) is 17.4 Å². The Hall–Kier alpha value is -3.97. The average Bonchev–Trinajstić information content (AvgIpc) is 3.45. The van der Waals surface area contributed by atoms with E-state index in [1.54, 1.807) is 12.1 Å². The van der Waals surface area contributed by atoms with Crippen LogP contribution in [0.15, 0.2) is 68.1 Å². The van der Waals surface area contributed by atoms with Gasteiger partial charge >= 0.3 is 0 Å². The standard InChI is InChI=1S/C22H10ClF4N5O3S/c23-15-8-11(32(33)34)2-5-13(15)17-6-3-12(35-17)9-18-19(14-4-1-10(24)7-16(14)25)30-31-21(20(26)27)28-29-22(31)36-18/h1-9,20H/b18-9-. The molecule has 0 saturated carbocycles. The quantitative estimate of drug-likeness (QED) is 0.160. The van der Waals surface area contributed by atoms with Gasteiger partial charge in [0.2, 0.25) is 11.0 Å². The summed E-state index contributed by atoms with van der Waals surface area (Å²) in [6.07, 6.45) is -1.52. The molecule has 0 saturated heterocycles. The van der Waals surface area contributed by atoms with Crippen LogP contribution in [0.4, 0.5) is 23.2 Å². The number of hydrogen-bond donors (Lipinski definition) is 0. The lowest BCUT2D eigenvalue weighted by Gasteiger charge is -2.17. The lowest BCUT2D eigenvalue weighted by atomic mass is 10.1. The van der Waals surface area contributed by atoms with Gasteiger partial charge in [0.15, 0.2) is 0 Å². The number of nitrogens with zero attached hydrogens (tertiary/aromatic N) is 5. The zero-order valence-corrected chi connectivity index (χ0v) is 19.1. The maximum atomic E-state index is 14.6. The van der Waals surface area contributed by atoms with Crippen LogP contribution in [0.5, 0.6) is 0 Å². The Labute approximate surface area is 208 Å². The third-order valence-corrected chi connectivity index (χ3v) is 6.26. The number of non-ortho nitro benzene ring substituents is 1. The number of allylic oxidation sites excluding steroid dienone is 1. The summed E-state index contributed by atoms with van der Waals surface area (Å²) in [5, 5.41) is 22.3. The van der Waals surface area contributed by atoms with Crippen molar-refractivity contribution in [1.82, 2.24) is 14.9 Å². The van der Waals surface area contributed by atoms with Gasteiger partial charge in [-0.15, -0.1) is 10.2 Å². The predicted molar refractivity (Wildman–Crippen MR) is 123 cm³/mol. The van der Waals surface area contributed by atoms with Crippen molar-refractivity contribution in [1.29, 1.82) is 0 Å². The molecule has 2 aromatic carbocycles. The van der Waals surface area contributed by atoms with Crippen LogP contribution in [0.1, 0.15) is 23.6 Å². The van der Waals surface area contributed by atoms with E-state index in [1.165, 1.54) is 24.3 Å². The molecule has 0 spiro atoms. The van der Waals surface area contributed by atoms with E-state index in [0.717, 1.165) is 28.6 Å². The van der Waals surface area contributed by atoms with Gasteiger partial charge < -0.3 is 4.42 Å². The number of benzene rings is 2. The van der Waals surface area contributed by atoms with E-state index in [-0.39, 0.29) is 43.6 Å². The van der Waals surface area contributed by atoms with Gasteiger partial charge in [-0.3, -0.25) is 10.1 Å². The van der Waals surface area contributed by atoms with Gasteiger partial charge in [-0.25, -0.2) is 17.6 Å². The molecule has 4 aromatic rings. The molecule has 0 unspecified atom stereocenters. The van der Waals surface area contributed by atoms with Gasteiger partial charge in [0, 0.05) is 34.2 Å². The van der Waals surface area contributed by atoms with E-state index in [1.807, 2.05) is 0 Å². The van der Waals surface area contributed by atoms with Crippen molar-refractivity contribution in [2.75, 3.05) is 0 Å². The van der Waals surface area contributed by atoms with E-state index in [2.05, 4.69) is 15.3 Å². The Morgan fingerprint density at radius 2 is 1.86 bits per heavy atom. The van der Waals surface area contributed by atoms with E-state index >= 15 is 0 Å². The summed E-state index contributed by atoms with van der Waals surface area (Å²) in [5.41, 5.74) is -0.00774. The zero-order chi connectivity index (χ0) is 25.6. The van der Waals surface area contributed by atoms with Gasteiger partial charge in [-0.2, -0.15) is 9.78 Å². The van der Waals surface area contributed by atoms with E-state index in [0.29, 0.717) is 11.6 Å². The van der Waals surface area contributed by atoms with Crippen molar-refractivity contribution in [3.63, 3.8) is 0 Å². The summed E-state index contributed by atoms with van der Waals surface area (Å²) >= 11 is 7.06. The van der Waals surface area contributed by atoms with Crippen LogP contribution >= 0.6 is 23.4 Å². The maximum Gasteiger partial charge on any atom is 0.299 e. The topological polar surface area (TPSA) is 99.3 Å². The second kappa shape index (κ2) is 9.24. The number of aromatic nitrogens is 3. The lowest BCUT2D eigenvalue weighted by Crippen LogP contribution is -2.15. The normalized spacial score (nSPS) is 14.3. The fraction of sp³-hybridized carbons (Fsp3) is 0.0455. The van der Waals surface area contributed by atoms with Gasteiger partial charge in [-0.1, -0.05) is 11.6 Å². The van der Waals surface area contributed by atoms with E-state index in [9.17, 15) is 27.7 Å². The number of thioether (sulfide) groups is 1. The number of nitro benzene ring substituents is 1. The van der Waals surface area contributed by atoms with Crippen LogP contribution in [-0.2, 0) is 0 Å². The van der Waals surface area contributed by atoms with Crippen LogP contribution in [0.2, 0.25) is 5.02 Å². The molecule has 1 aliphatic rings. The highest BCUT2D eigenvalue weighted by Gasteiger charge is 2.29. The molecule has 1 aliphatic heterocycles. The summed E-state index contributed by atoms with van der Waals surface area (Å²) < 4.78 is 61.4. The molecular formula is C22H10ClF4N5O3S. The first-order valence-electron chi connectivity index (χ1n) is 9.93. The smallest absolute Gasteiger partial charge is 0.299 e. The van der Waals surface area contributed by atoms with Gasteiger partial charge in [0.05, 0.1) is 9.95 Å². The summed E-state index contributed by atoms with van der Waals surface area (Å²) in [6.45, 7) is 0. The molecule has 0 N–H and O–H groups in total. The summed E-state index contributed by atoms with van der Waals surface area (Å²) in [4.78, 5) is 10.6. The van der Waals surface area contributed by atoms with Crippen LogP contribution in [0.3, 0.4) is 0 Å². The number of fused-ring (bicyclic) bond motifs is 1. The van der Waals surface area contributed by atoms with Crippen LogP contribution < -0.4 is 0 Å². The van der Waals surface area contributed by atoms with Crippen LogP contribution in [0, 0.1) is 21.7 Å². The molecule has 5 rings (SSSR count). The summed E-state index contributed by atoms with van der Waals surface area (Å²) in [6, 6.07) is 9.82. The SMILES string of the molecule is O=[N+]([O-])c1ccc(-c2ccc(/C=C3\Sc4nnc(C(F)F)n4N=C3c3ccc(F)cc3F)o2)c(Cl)c1. The molecule has 0 fully saturated rings. The Morgan fingerprint density at radius 1 is 1.08 bits per heavy atom. The highest BCUT2D eigenvalue weighted by molar-refractivity contribution is 8.04. The largest absolute Gasteiger partial charge is 0.457 e. The fourth-order valence-electron chi connectivity index (χ4n) is 3.35. The van der Waals surface area contributed by atoms with Crippen molar-refractivity contribution in [2.45, 2.75) is 11.6 Å². The molecular weight excluding hydrogens is 526 g/mol. The number of halogens is 5. The fourth-order valence-corrected chi connectivity index (χ4v) is 4.54. The molecule has 0 radical (unpaired) electrons. The molecule has 0 aliphatic carbocycles. The number of hydrogen-bond acceptors (Lipinski definition) is 7.